The van der Waals surface area contributed by atoms with Crippen LogP contribution in [-0.4, -0.2) is 24.3 Å². The van der Waals surface area contributed by atoms with Crippen LogP contribution in [0.5, 0.6) is 0 Å². The number of halogens is 6. The molecule has 1 aliphatic carbocycles. The van der Waals surface area contributed by atoms with Crippen molar-refractivity contribution in [1.82, 2.24) is 24.3 Å². The van der Waals surface area contributed by atoms with Crippen molar-refractivity contribution in [2.24, 2.45) is 7.05 Å². The van der Waals surface area contributed by atoms with E-state index in [4.69, 9.17) is 0 Å². The van der Waals surface area contributed by atoms with E-state index in [-0.39, 0.29) is 28.8 Å². The largest absolute Gasteiger partial charge is 0.418 e. The van der Waals surface area contributed by atoms with Gasteiger partial charge in [0.1, 0.15) is 17.2 Å². The summed E-state index contributed by atoms with van der Waals surface area (Å²) in [7, 11) is 1.45. The summed E-state index contributed by atoms with van der Waals surface area (Å²) in [5, 5.41) is 4.27. The molecule has 0 unspecified atom stereocenters. The highest BCUT2D eigenvalue weighted by Gasteiger charge is 2.34. The summed E-state index contributed by atoms with van der Waals surface area (Å²) < 4.78 is 81.7. The van der Waals surface area contributed by atoms with E-state index in [1.54, 1.807) is 19.1 Å². The normalized spacial score (nSPS) is 14.1. The number of nitrogens with zero attached hydrogens (tertiary/aromatic N) is 5. The summed E-state index contributed by atoms with van der Waals surface area (Å²) >= 11 is 0. The van der Waals surface area contributed by atoms with Crippen LogP contribution in [0.4, 0.5) is 26.3 Å². The van der Waals surface area contributed by atoms with Crippen LogP contribution in [0.15, 0.2) is 53.5 Å². The number of pyridine rings is 1. The van der Waals surface area contributed by atoms with Gasteiger partial charge in [0.05, 0.1) is 17.8 Å². The Morgan fingerprint density at radius 1 is 1.02 bits per heavy atom. The first-order chi connectivity index (χ1) is 19.9. The zero-order chi connectivity index (χ0) is 30.6. The van der Waals surface area contributed by atoms with Gasteiger partial charge >= 0.3 is 6.18 Å². The lowest BCUT2D eigenvalue weighted by Crippen LogP contribution is -2.30. The van der Waals surface area contributed by atoms with Crippen molar-refractivity contribution in [2.75, 3.05) is 0 Å². The summed E-state index contributed by atoms with van der Waals surface area (Å²) in [5.74, 6) is -0.695. The van der Waals surface area contributed by atoms with E-state index >= 15 is 0 Å². The minimum absolute atomic E-state index is 0.0846. The third-order valence-electron chi connectivity index (χ3n) is 7.38. The second kappa shape index (κ2) is 12.9. The zero-order valence-corrected chi connectivity index (χ0v) is 23.4. The van der Waals surface area contributed by atoms with Crippen molar-refractivity contribution < 1.29 is 26.3 Å². The number of aryl methyl sites for hydroxylation is 1. The molecule has 0 aliphatic heterocycles. The number of aromatic nitrogens is 5. The molecule has 6 nitrogen and oxygen atoms in total. The number of hydrogen-bond donors (Lipinski definition) is 0. The number of imidazole rings is 1. The molecule has 0 N–H and O–H groups in total. The van der Waals surface area contributed by atoms with E-state index < -0.39 is 36.1 Å². The molecule has 0 saturated heterocycles. The van der Waals surface area contributed by atoms with Crippen LogP contribution in [0.2, 0.25) is 0 Å². The van der Waals surface area contributed by atoms with Crippen molar-refractivity contribution in [3.63, 3.8) is 0 Å². The van der Waals surface area contributed by atoms with Gasteiger partial charge in [0.15, 0.2) is 5.82 Å². The zero-order valence-electron chi connectivity index (χ0n) is 23.4. The minimum atomic E-state index is -4.65. The fourth-order valence-corrected chi connectivity index (χ4v) is 5.10. The van der Waals surface area contributed by atoms with E-state index in [0.717, 1.165) is 48.4 Å². The minimum Gasteiger partial charge on any atom is -0.330 e. The smallest absolute Gasteiger partial charge is 0.330 e. The van der Waals surface area contributed by atoms with Crippen LogP contribution in [-0.2, 0) is 19.8 Å². The molecule has 4 aromatic rings. The summed E-state index contributed by atoms with van der Waals surface area (Å²) in [6, 6.07) is 10.1. The van der Waals surface area contributed by atoms with Gasteiger partial charge in [-0.15, -0.1) is 0 Å². The van der Waals surface area contributed by atoms with E-state index in [0.29, 0.717) is 11.3 Å². The van der Waals surface area contributed by atoms with E-state index in [2.05, 4.69) is 15.1 Å². The number of benzene rings is 1. The molecule has 1 aliphatic rings. The summed E-state index contributed by atoms with van der Waals surface area (Å²) in [6.45, 7) is 2.96. The number of hydrogen-bond acceptors (Lipinski definition) is 4. The molecule has 1 saturated carbocycles. The summed E-state index contributed by atoms with van der Waals surface area (Å²) in [5.41, 5.74) is 0.325. The molecular formula is C30H31F6N5O. The quantitative estimate of drug-likeness (QED) is 0.225. The van der Waals surface area contributed by atoms with Crippen LogP contribution in [0.3, 0.4) is 0 Å². The van der Waals surface area contributed by atoms with Crippen LogP contribution >= 0.6 is 0 Å². The second-order valence-electron chi connectivity index (χ2n) is 10.3. The lowest BCUT2D eigenvalue weighted by atomic mass is 9.84. The van der Waals surface area contributed by atoms with E-state index in [1.807, 2.05) is 13.0 Å². The molecule has 0 spiro atoms. The number of rotatable bonds is 5. The maximum Gasteiger partial charge on any atom is 0.418 e. The molecule has 42 heavy (non-hydrogen) atoms. The van der Waals surface area contributed by atoms with Gasteiger partial charge in [0.2, 0.25) is 0 Å². The lowest BCUT2D eigenvalue weighted by Gasteiger charge is -2.22. The molecule has 0 amide bonds. The van der Waals surface area contributed by atoms with Crippen molar-refractivity contribution in [1.29, 1.82) is 0 Å². The first kappa shape index (κ1) is 31.0. The van der Waals surface area contributed by atoms with Crippen LogP contribution < -0.4 is 5.56 Å². The molecule has 3 aromatic heterocycles. The maximum atomic E-state index is 13.5. The van der Waals surface area contributed by atoms with Gasteiger partial charge in [-0.2, -0.15) is 18.3 Å². The fraction of sp³-hybridized carbons (Fsp3) is 0.400. The monoisotopic (exact) mass is 591 g/mol. The summed E-state index contributed by atoms with van der Waals surface area (Å²) in [6.07, 6.45) is -1.82. The van der Waals surface area contributed by atoms with Gasteiger partial charge in [-0.1, -0.05) is 31.4 Å². The molecule has 5 rings (SSSR count). The topological polar surface area (TPSA) is 65.6 Å². The van der Waals surface area contributed by atoms with Crippen LogP contribution in [0.25, 0.3) is 11.4 Å². The Labute approximate surface area is 239 Å². The Bertz CT molecular complexity index is 1570. The third kappa shape index (κ3) is 7.08. The van der Waals surface area contributed by atoms with Crippen molar-refractivity contribution >= 4 is 0 Å². The third-order valence-corrected chi connectivity index (χ3v) is 7.38. The molecule has 0 bridgehead atoms. The number of alkyl halides is 5. The fourth-order valence-electron chi connectivity index (χ4n) is 5.10. The van der Waals surface area contributed by atoms with Gasteiger partial charge in [-0.3, -0.25) is 9.78 Å². The van der Waals surface area contributed by atoms with Crippen molar-refractivity contribution in [2.45, 2.75) is 71.0 Å². The highest BCUT2D eigenvalue weighted by Crippen LogP contribution is 2.34. The Balaban J connectivity index is 0.000000437. The average molecular weight is 592 g/mol. The Morgan fingerprint density at radius 3 is 2.31 bits per heavy atom. The first-order valence-corrected chi connectivity index (χ1v) is 13.5. The van der Waals surface area contributed by atoms with Crippen LogP contribution in [0, 0.1) is 19.7 Å². The van der Waals surface area contributed by atoms with Gasteiger partial charge in [-0.25, -0.2) is 22.8 Å². The SMILES string of the molecule is Cc1c(-c2cc(C3CCCCC3)c(=O)n(Cc3ncccc3C(F)(F)F)n2)nc(C(F)F)n1C.Cc1cccc(F)c1. The Hall–Kier alpha value is -3.96. The highest BCUT2D eigenvalue weighted by atomic mass is 19.4. The molecule has 224 valence electrons. The predicted molar refractivity (Wildman–Crippen MR) is 146 cm³/mol. The molecule has 3 heterocycles. The van der Waals surface area contributed by atoms with Crippen molar-refractivity contribution in [3.8, 4) is 11.4 Å². The standard InChI is InChI=1S/C23H24F5N5O.C7H7F/c1-13-19(30-21(20(24)25)32(13)2)17-11-15(14-7-4-3-5-8-14)22(34)33(31-17)12-18-16(23(26,27)28)9-6-10-29-18;1-6-3-2-4-7(8)5-6/h6,9-11,14,20H,3-5,7-8,12H2,1-2H3;2-5H,1H3. The summed E-state index contributed by atoms with van der Waals surface area (Å²) in [4.78, 5) is 21.2. The average Bonchev–Trinajstić information content (AvgIpc) is 3.24. The lowest BCUT2D eigenvalue weighted by molar-refractivity contribution is -0.138. The molecule has 0 atom stereocenters. The van der Waals surface area contributed by atoms with Gasteiger partial charge in [0.25, 0.3) is 12.0 Å². The maximum absolute atomic E-state index is 13.5. The highest BCUT2D eigenvalue weighted by molar-refractivity contribution is 5.58. The molecular weight excluding hydrogens is 560 g/mol. The molecule has 12 heteroatoms. The van der Waals surface area contributed by atoms with Crippen molar-refractivity contribution in [3.05, 3.63) is 98.7 Å². The van der Waals surface area contributed by atoms with Gasteiger partial charge in [0, 0.05) is 24.5 Å². The second-order valence-corrected chi connectivity index (χ2v) is 10.3. The van der Waals surface area contributed by atoms with Crippen LogP contribution in [0.1, 0.15) is 78.4 Å². The Morgan fingerprint density at radius 2 is 1.74 bits per heavy atom. The molecule has 0 radical (unpaired) electrons. The van der Waals surface area contributed by atoms with Gasteiger partial charge < -0.3 is 4.57 Å². The first-order valence-electron chi connectivity index (χ1n) is 13.5. The van der Waals surface area contributed by atoms with Gasteiger partial charge in [-0.05, 0) is 68.5 Å². The Kier molecular flexibility index (Phi) is 9.53. The molecule has 1 fully saturated rings. The molecule has 1 aromatic carbocycles. The predicted octanol–water partition coefficient (Wildman–Crippen LogP) is 7.53. The van der Waals surface area contributed by atoms with E-state index in [1.165, 1.54) is 36.0 Å². The van der Waals surface area contributed by atoms with E-state index in [9.17, 15) is 31.1 Å².